The van der Waals surface area contributed by atoms with E-state index in [1.165, 1.54) is 36.8 Å². The molecule has 2 fully saturated rings. The summed E-state index contributed by atoms with van der Waals surface area (Å²) in [7, 11) is 0. The van der Waals surface area contributed by atoms with E-state index in [4.69, 9.17) is 11.6 Å². The van der Waals surface area contributed by atoms with Gasteiger partial charge in [-0.3, -0.25) is 4.90 Å². The largest absolute Gasteiger partial charge is 0.335 e. The molecule has 1 heterocycles. The lowest BCUT2D eigenvalue weighted by Crippen LogP contribution is -2.54. The van der Waals surface area contributed by atoms with Gasteiger partial charge in [0.1, 0.15) is 0 Å². The van der Waals surface area contributed by atoms with Crippen LogP contribution in [0.2, 0.25) is 5.02 Å². The summed E-state index contributed by atoms with van der Waals surface area (Å²) >= 11 is 6.13. The highest BCUT2D eigenvalue weighted by atomic mass is 35.5. The van der Waals surface area contributed by atoms with E-state index in [1.54, 1.807) is 0 Å². The zero-order chi connectivity index (χ0) is 20.8. The van der Waals surface area contributed by atoms with E-state index in [0.717, 1.165) is 44.0 Å². The standard InChI is InChI=1S/C25H32ClN3O/c26-22-14-12-21(13-15-22)24(20-8-4-3-5-9-20)28-16-18-29(19-17-28)25(30)27-23-10-6-1-2-7-11-23/h3-5,8-9,12-15,23-24H,1-2,6-7,10-11,16-19H2,(H,27,30)/t24-/m1/s1. The molecule has 160 valence electrons. The summed E-state index contributed by atoms with van der Waals surface area (Å²) in [5, 5.41) is 4.05. The predicted molar refractivity (Wildman–Crippen MR) is 123 cm³/mol. The molecule has 0 aromatic heterocycles. The third-order valence-corrected chi connectivity index (χ3v) is 6.70. The Labute approximate surface area is 185 Å². The van der Waals surface area contributed by atoms with Crippen molar-refractivity contribution < 1.29 is 4.79 Å². The number of halogens is 1. The van der Waals surface area contributed by atoms with Gasteiger partial charge >= 0.3 is 6.03 Å². The zero-order valence-electron chi connectivity index (χ0n) is 17.6. The third kappa shape index (κ3) is 5.35. The topological polar surface area (TPSA) is 35.6 Å². The molecule has 4 nitrogen and oxygen atoms in total. The molecule has 1 aliphatic carbocycles. The lowest BCUT2D eigenvalue weighted by molar-refractivity contribution is 0.118. The first-order valence-electron chi connectivity index (χ1n) is 11.3. The number of nitrogens with one attached hydrogen (secondary N) is 1. The van der Waals surface area contributed by atoms with Crippen molar-refractivity contribution in [2.75, 3.05) is 26.2 Å². The molecule has 5 heteroatoms. The first-order chi connectivity index (χ1) is 14.7. The predicted octanol–water partition coefficient (Wildman–Crippen LogP) is 5.48. The monoisotopic (exact) mass is 425 g/mol. The lowest BCUT2D eigenvalue weighted by Gasteiger charge is -2.40. The second kappa shape index (κ2) is 10.3. The number of amides is 2. The average molecular weight is 426 g/mol. The molecule has 0 spiro atoms. The molecule has 0 radical (unpaired) electrons. The zero-order valence-corrected chi connectivity index (χ0v) is 18.4. The van der Waals surface area contributed by atoms with Gasteiger partial charge in [-0.05, 0) is 36.1 Å². The fourth-order valence-corrected chi connectivity index (χ4v) is 4.89. The molecule has 1 N–H and O–H groups in total. The van der Waals surface area contributed by atoms with E-state index in [0.29, 0.717) is 6.04 Å². The number of benzene rings is 2. The first-order valence-corrected chi connectivity index (χ1v) is 11.7. The second-order valence-corrected chi connectivity index (χ2v) is 8.96. The van der Waals surface area contributed by atoms with Gasteiger partial charge in [0.25, 0.3) is 0 Å². The number of nitrogens with zero attached hydrogens (tertiary/aromatic N) is 2. The fraction of sp³-hybridized carbons (Fsp3) is 0.480. The molecule has 2 amide bonds. The minimum Gasteiger partial charge on any atom is -0.335 e. The van der Waals surface area contributed by atoms with E-state index in [9.17, 15) is 4.79 Å². The van der Waals surface area contributed by atoms with Crippen LogP contribution in [0.15, 0.2) is 54.6 Å². The Hall–Kier alpha value is -2.04. The van der Waals surface area contributed by atoms with Crippen molar-refractivity contribution in [2.24, 2.45) is 0 Å². The van der Waals surface area contributed by atoms with Gasteiger partial charge in [-0.25, -0.2) is 4.79 Å². The third-order valence-electron chi connectivity index (χ3n) is 6.45. The molecule has 0 unspecified atom stereocenters. The summed E-state index contributed by atoms with van der Waals surface area (Å²) in [5.41, 5.74) is 2.51. The molecule has 1 aliphatic heterocycles. The van der Waals surface area contributed by atoms with Crippen molar-refractivity contribution in [3.63, 3.8) is 0 Å². The molecular weight excluding hydrogens is 394 g/mol. The van der Waals surface area contributed by atoms with Crippen LogP contribution in [0.5, 0.6) is 0 Å². The van der Waals surface area contributed by atoms with Crippen LogP contribution in [0, 0.1) is 0 Å². The molecule has 2 aromatic rings. The summed E-state index contributed by atoms with van der Waals surface area (Å²) in [6.07, 6.45) is 7.32. The van der Waals surface area contributed by atoms with Crippen LogP contribution in [-0.4, -0.2) is 48.1 Å². The molecule has 1 atom stereocenters. The number of rotatable bonds is 4. The summed E-state index contributed by atoms with van der Waals surface area (Å²) in [5.74, 6) is 0. The maximum absolute atomic E-state index is 12.8. The molecule has 4 rings (SSSR count). The summed E-state index contributed by atoms with van der Waals surface area (Å²) in [4.78, 5) is 17.3. The first kappa shape index (κ1) is 21.2. The number of hydrogen-bond donors (Lipinski definition) is 1. The molecule has 1 saturated heterocycles. The lowest BCUT2D eigenvalue weighted by atomic mass is 9.96. The van der Waals surface area contributed by atoms with Gasteiger partial charge in [0.05, 0.1) is 6.04 Å². The minimum atomic E-state index is 0.115. The maximum Gasteiger partial charge on any atom is 0.317 e. The van der Waals surface area contributed by atoms with Crippen molar-refractivity contribution in [3.05, 3.63) is 70.7 Å². The highest BCUT2D eigenvalue weighted by Crippen LogP contribution is 2.30. The Morgan fingerprint density at radius 3 is 2.07 bits per heavy atom. The van der Waals surface area contributed by atoms with Crippen LogP contribution in [0.3, 0.4) is 0 Å². The van der Waals surface area contributed by atoms with Crippen LogP contribution in [-0.2, 0) is 0 Å². The number of carbonyl (C=O) groups excluding carboxylic acids is 1. The van der Waals surface area contributed by atoms with E-state index in [2.05, 4.69) is 52.7 Å². The van der Waals surface area contributed by atoms with E-state index in [1.807, 2.05) is 17.0 Å². The number of carbonyl (C=O) groups is 1. The summed E-state index contributed by atoms with van der Waals surface area (Å²) in [6.45, 7) is 3.24. The van der Waals surface area contributed by atoms with Gasteiger partial charge in [0, 0.05) is 37.2 Å². The van der Waals surface area contributed by atoms with Crippen LogP contribution in [0.25, 0.3) is 0 Å². The van der Waals surface area contributed by atoms with E-state index >= 15 is 0 Å². The minimum absolute atomic E-state index is 0.115. The second-order valence-electron chi connectivity index (χ2n) is 8.53. The average Bonchev–Trinajstić information content (AvgIpc) is 3.05. The number of hydrogen-bond acceptors (Lipinski definition) is 2. The SMILES string of the molecule is O=C(NC1CCCCCC1)N1CCN([C@H](c2ccccc2)c2ccc(Cl)cc2)CC1. The molecule has 2 aliphatic rings. The fourth-order valence-electron chi connectivity index (χ4n) is 4.77. The van der Waals surface area contributed by atoms with Gasteiger partial charge in [0.15, 0.2) is 0 Å². The maximum atomic E-state index is 12.8. The van der Waals surface area contributed by atoms with Crippen molar-refractivity contribution in [1.82, 2.24) is 15.1 Å². The Kier molecular flexibility index (Phi) is 7.29. The Bertz CT molecular complexity index is 795. The van der Waals surface area contributed by atoms with Gasteiger partial charge in [-0.1, -0.05) is 79.7 Å². The normalized spacial score (nSPS) is 19.8. The molecule has 0 bridgehead atoms. The molecule has 2 aromatic carbocycles. The Morgan fingerprint density at radius 1 is 0.833 bits per heavy atom. The van der Waals surface area contributed by atoms with Gasteiger partial charge in [-0.2, -0.15) is 0 Å². The van der Waals surface area contributed by atoms with Crippen LogP contribution in [0.4, 0.5) is 4.79 Å². The van der Waals surface area contributed by atoms with Gasteiger partial charge in [0.2, 0.25) is 0 Å². The van der Waals surface area contributed by atoms with Crippen molar-refractivity contribution >= 4 is 17.6 Å². The van der Waals surface area contributed by atoms with Gasteiger partial charge < -0.3 is 10.2 Å². The quantitative estimate of drug-likeness (QED) is 0.658. The van der Waals surface area contributed by atoms with Gasteiger partial charge in [-0.15, -0.1) is 0 Å². The van der Waals surface area contributed by atoms with E-state index in [-0.39, 0.29) is 12.1 Å². The summed E-state index contributed by atoms with van der Waals surface area (Å²) < 4.78 is 0. The Morgan fingerprint density at radius 2 is 1.43 bits per heavy atom. The van der Waals surface area contributed by atoms with Crippen molar-refractivity contribution in [1.29, 1.82) is 0 Å². The highest BCUT2D eigenvalue weighted by molar-refractivity contribution is 6.30. The Balaban J connectivity index is 1.41. The number of urea groups is 1. The highest BCUT2D eigenvalue weighted by Gasteiger charge is 2.29. The van der Waals surface area contributed by atoms with Crippen LogP contribution in [0.1, 0.15) is 55.7 Å². The van der Waals surface area contributed by atoms with E-state index < -0.39 is 0 Å². The molecule has 1 saturated carbocycles. The van der Waals surface area contributed by atoms with Crippen molar-refractivity contribution in [2.45, 2.75) is 50.6 Å². The number of piperazine rings is 1. The van der Waals surface area contributed by atoms with Crippen molar-refractivity contribution in [3.8, 4) is 0 Å². The summed E-state index contributed by atoms with van der Waals surface area (Å²) in [6, 6.07) is 19.4. The van der Waals surface area contributed by atoms with Crippen LogP contribution < -0.4 is 5.32 Å². The van der Waals surface area contributed by atoms with Crippen LogP contribution >= 0.6 is 11.6 Å². The molecule has 30 heavy (non-hydrogen) atoms. The molecular formula is C25H32ClN3O. The smallest absolute Gasteiger partial charge is 0.317 e.